The first-order valence-corrected chi connectivity index (χ1v) is 9.04. The predicted octanol–water partition coefficient (Wildman–Crippen LogP) is 3.01. The average molecular weight is 368 g/mol. The largest absolute Gasteiger partial charge is 0.460 e. The molecule has 2 rings (SSSR count). The lowest BCUT2D eigenvalue weighted by atomic mass is 10.1. The van der Waals surface area contributed by atoms with Gasteiger partial charge in [-0.2, -0.15) is 4.31 Å². The zero-order valence-corrected chi connectivity index (χ0v) is 15.0. The number of aryl methyl sites for hydroxylation is 1. The van der Waals surface area contributed by atoms with Crippen LogP contribution < -0.4 is 0 Å². The van der Waals surface area contributed by atoms with Crippen molar-refractivity contribution in [1.29, 1.82) is 0 Å². The van der Waals surface area contributed by atoms with Crippen LogP contribution in [-0.4, -0.2) is 32.3 Å². The van der Waals surface area contributed by atoms with Crippen LogP contribution in [0.1, 0.15) is 11.1 Å². The average Bonchev–Trinajstić information content (AvgIpc) is 2.54. The molecule has 0 N–H and O–H groups in total. The summed E-state index contributed by atoms with van der Waals surface area (Å²) >= 11 is 5.76. The number of esters is 1. The standard InChI is InChI=1S/C17H18ClNO4S/c1-13-5-3-4-6-14(13)12-23-17(20)11-19(2)24(21,22)16-9-7-15(18)8-10-16/h3-10H,11-12H2,1-2H3. The lowest BCUT2D eigenvalue weighted by Gasteiger charge is -2.16. The summed E-state index contributed by atoms with van der Waals surface area (Å²) in [5.74, 6) is -0.613. The van der Waals surface area contributed by atoms with Gasteiger partial charge in [0.05, 0.1) is 4.90 Å². The van der Waals surface area contributed by atoms with E-state index in [4.69, 9.17) is 16.3 Å². The van der Waals surface area contributed by atoms with E-state index < -0.39 is 16.0 Å². The van der Waals surface area contributed by atoms with Crippen molar-refractivity contribution < 1.29 is 17.9 Å². The van der Waals surface area contributed by atoms with Crippen LogP contribution in [0.15, 0.2) is 53.4 Å². The van der Waals surface area contributed by atoms with Crippen LogP contribution in [0.25, 0.3) is 0 Å². The minimum absolute atomic E-state index is 0.0705. The smallest absolute Gasteiger partial charge is 0.321 e. The fraction of sp³-hybridized carbons (Fsp3) is 0.235. The van der Waals surface area contributed by atoms with Crippen LogP contribution in [0.2, 0.25) is 5.02 Å². The Labute approximate surface area is 146 Å². The number of sulfonamides is 1. The van der Waals surface area contributed by atoms with Crippen molar-refractivity contribution in [2.75, 3.05) is 13.6 Å². The molecule has 0 radical (unpaired) electrons. The van der Waals surface area contributed by atoms with Crippen LogP contribution >= 0.6 is 11.6 Å². The topological polar surface area (TPSA) is 63.7 Å². The van der Waals surface area contributed by atoms with E-state index in [1.807, 2.05) is 31.2 Å². The van der Waals surface area contributed by atoms with Crippen molar-refractivity contribution in [3.63, 3.8) is 0 Å². The van der Waals surface area contributed by atoms with E-state index in [1.165, 1.54) is 31.3 Å². The third kappa shape index (κ3) is 4.56. The summed E-state index contributed by atoms with van der Waals surface area (Å²) in [6, 6.07) is 13.3. The zero-order chi connectivity index (χ0) is 17.7. The lowest BCUT2D eigenvalue weighted by molar-refractivity contribution is -0.144. The summed E-state index contributed by atoms with van der Waals surface area (Å²) in [4.78, 5) is 12.0. The molecule has 0 aliphatic carbocycles. The second-order valence-electron chi connectivity index (χ2n) is 5.30. The third-order valence-electron chi connectivity index (χ3n) is 3.52. The van der Waals surface area contributed by atoms with Gasteiger partial charge in [-0.1, -0.05) is 35.9 Å². The van der Waals surface area contributed by atoms with E-state index in [-0.39, 0.29) is 18.0 Å². The molecule has 0 saturated carbocycles. The Morgan fingerprint density at radius 1 is 1.12 bits per heavy atom. The molecule has 0 saturated heterocycles. The third-order valence-corrected chi connectivity index (χ3v) is 5.59. The summed E-state index contributed by atoms with van der Waals surface area (Å²) in [6.07, 6.45) is 0. The van der Waals surface area contributed by atoms with Gasteiger partial charge in [0.15, 0.2) is 0 Å². The number of hydrogen-bond donors (Lipinski definition) is 0. The molecule has 0 fully saturated rings. The van der Waals surface area contributed by atoms with Gasteiger partial charge in [0, 0.05) is 12.1 Å². The first-order valence-electron chi connectivity index (χ1n) is 7.23. The minimum atomic E-state index is -3.77. The Bertz CT molecular complexity index is 819. The van der Waals surface area contributed by atoms with Crippen LogP contribution in [0.4, 0.5) is 0 Å². The number of carbonyl (C=O) groups excluding carboxylic acids is 1. The first-order chi connectivity index (χ1) is 11.3. The number of hydrogen-bond acceptors (Lipinski definition) is 4. The molecule has 0 spiro atoms. The Kier molecular flexibility index (Phi) is 5.99. The molecule has 0 heterocycles. The predicted molar refractivity (Wildman–Crippen MR) is 92.2 cm³/mol. The molecule has 0 aliphatic heterocycles. The van der Waals surface area contributed by atoms with E-state index in [1.54, 1.807) is 0 Å². The van der Waals surface area contributed by atoms with E-state index in [2.05, 4.69) is 0 Å². The van der Waals surface area contributed by atoms with Crippen LogP contribution in [0, 0.1) is 6.92 Å². The molecule has 5 nitrogen and oxygen atoms in total. The van der Waals surface area contributed by atoms with Gasteiger partial charge in [-0.05, 0) is 42.3 Å². The quantitative estimate of drug-likeness (QED) is 0.736. The fourth-order valence-corrected chi connectivity index (χ4v) is 3.27. The van der Waals surface area contributed by atoms with Crippen LogP contribution in [0.3, 0.4) is 0 Å². The van der Waals surface area contributed by atoms with Gasteiger partial charge in [0.1, 0.15) is 13.2 Å². The molecule has 0 aromatic heterocycles. The van der Waals surface area contributed by atoms with Crippen molar-refractivity contribution in [2.24, 2.45) is 0 Å². The van der Waals surface area contributed by atoms with Gasteiger partial charge in [-0.25, -0.2) is 8.42 Å². The Morgan fingerprint density at radius 2 is 1.75 bits per heavy atom. The highest BCUT2D eigenvalue weighted by Gasteiger charge is 2.23. The Balaban J connectivity index is 1.98. The molecule has 0 atom stereocenters. The normalized spacial score (nSPS) is 11.5. The lowest BCUT2D eigenvalue weighted by Crippen LogP contribution is -2.33. The summed E-state index contributed by atoms with van der Waals surface area (Å²) in [5, 5.41) is 0.439. The van der Waals surface area contributed by atoms with E-state index in [9.17, 15) is 13.2 Å². The summed E-state index contributed by atoms with van der Waals surface area (Å²) in [7, 11) is -2.44. The van der Waals surface area contributed by atoms with E-state index in [0.717, 1.165) is 15.4 Å². The van der Waals surface area contributed by atoms with Gasteiger partial charge >= 0.3 is 5.97 Å². The Hall–Kier alpha value is -1.89. The van der Waals surface area contributed by atoms with Gasteiger partial charge in [0.2, 0.25) is 10.0 Å². The number of rotatable bonds is 6. The number of ether oxygens (including phenoxy) is 1. The number of nitrogens with zero attached hydrogens (tertiary/aromatic N) is 1. The highest BCUT2D eigenvalue weighted by molar-refractivity contribution is 7.89. The minimum Gasteiger partial charge on any atom is -0.460 e. The Morgan fingerprint density at radius 3 is 2.38 bits per heavy atom. The summed E-state index contributed by atoms with van der Waals surface area (Å²) < 4.78 is 30.9. The summed E-state index contributed by atoms with van der Waals surface area (Å²) in [5.41, 5.74) is 1.89. The van der Waals surface area contributed by atoms with Crippen molar-refractivity contribution >= 4 is 27.6 Å². The maximum absolute atomic E-state index is 12.4. The number of benzene rings is 2. The van der Waals surface area contributed by atoms with Crippen molar-refractivity contribution in [3.8, 4) is 0 Å². The molecule has 24 heavy (non-hydrogen) atoms. The fourth-order valence-electron chi connectivity index (χ4n) is 2.03. The van der Waals surface area contributed by atoms with Crippen LogP contribution in [0.5, 0.6) is 0 Å². The van der Waals surface area contributed by atoms with E-state index >= 15 is 0 Å². The van der Waals surface area contributed by atoms with Crippen molar-refractivity contribution in [3.05, 3.63) is 64.7 Å². The maximum atomic E-state index is 12.4. The molecule has 2 aromatic rings. The van der Waals surface area contributed by atoms with Crippen molar-refractivity contribution in [2.45, 2.75) is 18.4 Å². The van der Waals surface area contributed by atoms with Crippen LogP contribution in [-0.2, 0) is 26.2 Å². The first kappa shape index (κ1) is 18.4. The second kappa shape index (κ2) is 7.79. The molecule has 0 amide bonds. The molecular weight excluding hydrogens is 350 g/mol. The number of likely N-dealkylation sites (N-methyl/N-ethyl adjacent to an activating group) is 1. The molecule has 0 aliphatic rings. The molecular formula is C17H18ClNO4S. The van der Waals surface area contributed by atoms with Crippen molar-refractivity contribution in [1.82, 2.24) is 4.31 Å². The highest BCUT2D eigenvalue weighted by Crippen LogP contribution is 2.17. The summed E-state index contributed by atoms with van der Waals surface area (Å²) in [6.45, 7) is 1.66. The maximum Gasteiger partial charge on any atom is 0.321 e. The SMILES string of the molecule is Cc1ccccc1COC(=O)CN(C)S(=O)(=O)c1ccc(Cl)cc1. The number of halogens is 1. The molecule has 0 unspecified atom stereocenters. The van der Waals surface area contributed by atoms with Gasteiger partial charge < -0.3 is 4.74 Å². The zero-order valence-electron chi connectivity index (χ0n) is 13.4. The molecule has 128 valence electrons. The van der Waals surface area contributed by atoms with Gasteiger partial charge in [-0.3, -0.25) is 4.79 Å². The molecule has 7 heteroatoms. The monoisotopic (exact) mass is 367 g/mol. The van der Waals surface area contributed by atoms with E-state index in [0.29, 0.717) is 5.02 Å². The highest BCUT2D eigenvalue weighted by atomic mass is 35.5. The molecule has 0 bridgehead atoms. The molecule has 2 aromatic carbocycles. The van der Waals surface area contributed by atoms with Gasteiger partial charge in [0.25, 0.3) is 0 Å². The van der Waals surface area contributed by atoms with Gasteiger partial charge in [-0.15, -0.1) is 0 Å². The second-order valence-corrected chi connectivity index (χ2v) is 7.78. The number of carbonyl (C=O) groups is 1.